The van der Waals surface area contributed by atoms with E-state index in [4.69, 9.17) is 0 Å². The molecule has 0 amide bonds. The highest BCUT2D eigenvalue weighted by molar-refractivity contribution is 5.97. The first-order valence-electron chi connectivity index (χ1n) is 5.98. The van der Waals surface area contributed by atoms with E-state index in [1.807, 2.05) is 0 Å². The third-order valence-electron chi connectivity index (χ3n) is 2.93. The molecule has 0 unspecified atom stereocenters. The molecule has 22 heavy (non-hydrogen) atoms. The molecule has 0 aliphatic rings. The van der Waals surface area contributed by atoms with Crippen molar-refractivity contribution in [2.75, 3.05) is 5.32 Å². The monoisotopic (exact) mass is 301 g/mol. The lowest BCUT2D eigenvalue weighted by Crippen LogP contribution is -2.02. The van der Waals surface area contributed by atoms with Crippen molar-refractivity contribution in [3.63, 3.8) is 0 Å². The zero-order valence-electron chi connectivity index (χ0n) is 10.8. The van der Waals surface area contributed by atoms with Gasteiger partial charge in [0.1, 0.15) is 5.52 Å². The molecule has 0 radical (unpaired) electrons. The molecule has 0 fully saturated rings. The Labute approximate surface area is 121 Å². The summed E-state index contributed by atoms with van der Waals surface area (Å²) in [6.45, 7) is 0. The van der Waals surface area contributed by atoms with Gasteiger partial charge in [-0.1, -0.05) is 18.2 Å². The van der Waals surface area contributed by atoms with Crippen molar-refractivity contribution in [1.29, 1.82) is 0 Å². The van der Waals surface area contributed by atoms with Gasteiger partial charge in [-0.15, -0.1) is 0 Å². The Balaban J connectivity index is 2.29. The van der Waals surface area contributed by atoms with Crippen molar-refractivity contribution in [2.24, 2.45) is 0 Å². The molecule has 0 bridgehead atoms. The molecule has 110 valence electrons. The van der Waals surface area contributed by atoms with E-state index in [0.717, 1.165) is 6.07 Å². The minimum atomic E-state index is -0.759. The maximum absolute atomic E-state index is 11.3. The summed E-state index contributed by atoms with van der Waals surface area (Å²) in [6.07, 6.45) is 0. The van der Waals surface area contributed by atoms with Crippen LogP contribution in [0.15, 0.2) is 41.0 Å². The minimum absolute atomic E-state index is 0.0583. The van der Waals surface area contributed by atoms with Crippen LogP contribution in [-0.2, 0) is 0 Å². The summed E-state index contributed by atoms with van der Waals surface area (Å²) in [6, 6.07) is 9.45. The SMILES string of the molecule is O=[N+]([O-])c1cc2nonc2c([N+](=O)[O-])c1Nc1ccccc1. The van der Waals surface area contributed by atoms with Crippen LogP contribution >= 0.6 is 0 Å². The Kier molecular flexibility index (Phi) is 3.10. The van der Waals surface area contributed by atoms with Crippen LogP contribution in [0.25, 0.3) is 11.0 Å². The molecular formula is C12H7N5O5. The van der Waals surface area contributed by atoms with Crippen LogP contribution < -0.4 is 5.32 Å². The second-order valence-electron chi connectivity index (χ2n) is 4.26. The Morgan fingerprint density at radius 2 is 1.77 bits per heavy atom. The second kappa shape index (κ2) is 5.09. The summed E-state index contributed by atoms with van der Waals surface area (Å²) in [5.41, 5.74) is -1.08. The lowest BCUT2D eigenvalue weighted by atomic mass is 10.2. The Morgan fingerprint density at radius 3 is 2.41 bits per heavy atom. The number of nitrogens with zero attached hydrogens (tertiary/aromatic N) is 4. The molecule has 0 saturated carbocycles. The van der Waals surface area contributed by atoms with Gasteiger partial charge in [-0.05, 0) is 22.4 Å². The van der Waals surface area contributed by atoms with Gasteiger partial charge in [-0.2, -0.15) is 0 Å². The molecule has 0 aliphatic heterocycles. The average molecular weight is 301 g/mol. The van der Waals surface area contributed by atoms with E-state index in [1.165, 1.54) is 0 Å². The van der Waals surface area contributed by atoms with E-state index in [-0.39, 0.29) is 16.7 Å². The van der Waals surface area contributed by atoms with Crippen molar-refractivity contribution in [1.82, 2.24) is 10.3 Å². The molecule has 2 aromatic carbocycles. The normalized spacial score (nSPS) is 10.5. The molecule has 0 atom stereocenters. The van der Waals surface area contributed by atoms with Crippen molar-refractivity contribution >= 4 is 33.8 Å². The lowest BCUT2D eigenvalue weighted by molar-refractivity contribution is -0.391. The number of fused-ring (bicyclic) bond motifs is 1. The maximum atomic E-state index is 11.3. The zero-order valence-corrected chi connectivity index (χ0v) is 10.8. The fourth-order valence-electron chi connectivity index (χ4n) is 2.01. The van der Waals surface area contributed by atoms with Crippen LogP contribution in [-0.4, -0.2) is 20.2 Å². The number of nitro groups is 2. The number of hydrogen-bond donors (Lipinski definition) is 1. The molecule has 1 aromatic heterocycles. The van der Waals surface area contributed by atoms with Gasteiger partial charge >= 0.3 is 11.4 Å². The van der Waals surface area contributed by atoms with Crippen LogP contribution in [0.3, 0.4) is 0 Å². The van der Waals surface area contributed by atoms with Crippen LogP contribution in [0.1, 0.15) is 0 Å². The summed E-state index contributed by atoms with van der Waals surface area (Å²) in [5, 5.41) is 32.1. The van der Waals surface area contributed by atoms with E-state index in [0.29, 0.717) is 5.69 Å². The Hall–Kier alpha value is -3.56. The van der Waals surface area contributed by atoms with Crippen LogP contribution in [0.2, 0.25) is 0 Å². The highest BCUT2D eigenvalue weighted by Gasteiger charge is 2.32. The van der Waals surface area contributed by atoms with Crippen molar-refractivity contribution < 1.29 is 14.5 Å². The number of para-hydroxylation sites is 1. The van der Waals surface area contributed by atoms with Gasteiger partial charge in [0.25, 0.3) is 0 Å². The van der Waals surface area contributed by atoms with Gasteiger partial charge < -0.3 is 5.32 Å². The summed E-state index contributed by atoms with van der Waals surface area (Å²) < 4.78 is 4.44. The smallest absolute Gasteiger partial charge is 0.331 e. The Morgan fingerprint density at radius 1 is 1.05 bits per heavy atom. The van der Waals surface area contributed by atoms with E-state index in [9.17, 15) is 20.2 Å². The summed E-state index contributed by atoms with van der Waals surface area (Å²) in [5.74, 6) is 0. The number of nitrogens with one attached hydrogen (secondary N) is 1. The average Bonchev–Trinajstić information content (AvgIpc) is 2.94. The standard InChI is InChI=1S/C12H7N5O5/c18-16(19)9-6-8-10(15-22-14-8)12(17(20)21)11(9)13-7-4-2-1-3-5-7/h1-6,13H. The fourth-order valence-corrected chi connectivity index (χ4v) is 2.01. The molecule has 10 nitrogen and oxygen atoms in total. The fraction of sp³-hybridized carbons (Fsp3) is 0. The Bertz CT molecular complexity index is 876. The molecular weight excluding hydrogens is 294 g/mol. The third kappa shape index (κ3) is 2.18. The molecule has 1 heterocycles. The second-order valence-corrected chi connectivity index (χ2v) is 4.26. The summed E-state index contributed by atoms with van der Waals surface area (Å²) in [7, 11) is 0. The molecule has 3 rings (SSSR count). The zero-order chi connectivity index (χ0) is 15.7. The number of anilines is 2. The molecule has 1 N–H and O–H groups in total. The topological polar surface area (TPSA) is 137 Å². The van der Waals surface area contributed by atoms with Crippen molar-refractivity contribution in [2.45, 2.75) is 0 Å². The quantitative estimate of drug-likeness (QED) is 0.573. The van der Waals surface area contributed by atoms with Crippen molar-refractivity contribution in [3.05, 3.63) is 56.6 Å². The van der Waals surface area contributed by atoms with Gasteiger partial charge in [0.15, 0.2) is 5.69 Å². The number of benzene rings is 2. The van der Waals surface area contributed by atoms with Gasteiger partial charge in [-0.25, -0.2) is 4.63 Å². The third-order valence-corrected chi connectivity index (χ3v) is 2.93. The van der Waals surface area contributed by atoms with Crippen LogP contribution in [0.4, 0.5) is 22.7 Å². The molecule has 0 aliphatic carbocycles. The predicted octanol–water partition coefficient (Wildman–Crippen LogP) is 2.78. The van der Waals surface area contributed by atoms with E-state index in [2.05, 4.69) is 20.3 Å². The van der Waals surface area contributed by atoms with E-state index < -0.39 is 21.2 Å². The van der Waals surface area contributed by atoms with Gasteiger partial charge in [0.2, 0.25) is 5.52 Å². The molecule has 10 heteroatoms. The first kappa shape index (κ1) is 13.4. The molecule has 0 spiro atoms. The summed E-state index contributed by atoms with van der Waals surface area (Å²) >= 11 is 0. The largest absolute Gasteiger partial charge is 0.344 e. The van der Waals surface area contributed by atoms with E-state index >= 15 is 0 Å². The van der Waals surface area contributed by atoms with Crippen LogP contribution in [0, 0.1) is 20.2 Å². The first-order chi connectivity index (χ1) is 10.6. The van der Waals surface area contributed by atoms with Gasteiger partial charge in [0, 0.05) is 5.69 Å². The van der Waals surface area contributed by atoms with Gasteiger partial charge in [-0.3, -0.25) is 20.2 Å². The number of rotatable bonds is 4. The lowest BCUT2D eigenvalue weighted by Gasteiger charge is -2.07. The van der Waals surface area contributed by atoms with Gasteiger partial charge in [0.05, 0.1) is 15.9 Å². The minimum Gasteiger partial charge on any atom is -0.344 e. The highest BCUT2D eigenvalue weighted by Crippen LogP contribution is 2.41. The number of hydrogen-bond acceptors (Lipinski definition) is 8. The van der Waals surface area contributed by atoms with Crippen LogP contribution in [0.5, 0.6) is 0 Å². The predicted molar refractivity (Wildman–Crippen MR) is 74.8 cm³/mol. The molecule has 0 saturated heterocycles. The molecule has 3 aromatic rings. The van der Waals surface area contributed by atoms with Crippen molar-refractivity contribution in [3.8, 4) is 0 Å². The van der Waals surface area contributed by atoms with E-state index in [1.54, 1.807) is 30.3 Å². The first-order valence-corrected chi connectivity index (χ1v) is 5.98. The number of aromatic nitrogens is 2. The number of nitro benzene ring substituents is 2. The maximum Gasteiger partial charge on any atom is 0.331 e. The summed E-state index contributed by atoms with van der Waals surface area (Å²) in [4.78, 5) is 21.1. The highest BCUT2D eigenvalue weighted by atomic mass is 16.6.